The van der Waals surface area contributed by atoms with Crippen molar-refractivity contribution >= 4 is 45.9 Å². The number of rotatable bonds is 9. The van der Waals surface area contributed by atoms with Gasteiger partial charge in [-0.3, -0.25) is 9.59 Å². The number of likely N-dealkylation sites (tertiary alicyclic amines) is 1. The van der Waals surface area contributed by atoms with E-state index in [0.717, 1.165) is 15.3 Å². The summed E-state index contributed by atoms with van der Waals surface area (Å²) in [5.41, 5.74) is 1.42. The zero-order valence-corrected chi connectivity index (χ0v) is 25.5. The van der Waals surface area contributed by atoms with Crippen LogP contribution in [0.4, 0.5) is 15.3 Å². The molecule has 1 aliphatic rings. The average molecular weight is 629 g/mol. The molecular formula is C32H29FN6O3S2. The first kappa shape index (κ1) is 29.5. The van der Waals surface area contributed by atoms with Crippen LogP contribution < -0.4 is 10.6 Å². The molecule has 0 aliphatic carbocycles. The predicted octanol–water partition coefficient (Wildman–Crippen LogP) is 6.47. The van der Waals surface area contributed by atoms with Crippen molar-refractivity contribution in [1.82, 2.24) is 25.2 Å². The average Bonchev–Trinajstić information content (AvgIpc) is 3.74. The van der Waals surface area contributed by atoms with Crippen molar-refractivity contribution in [2.45, 2.75) is 34.3 Å². The van der Waals surface area contributed by atoms with E-state index in [1.807, 2.05) is 49.4 Å². The van der Waals surface area contributed by atoms with E-state index in [0.29, 0.717) is 42.6 Å². The molecule has 0 spiro atoms. The van der Waals surface area contributed by atoms with Crippen LogP contribution in [0.25, 0.3) is 0 Å². The second kappa shape index (κ2) is 13.0. The smallest absolute Gasteiger partial charge is 0.289 e. The summed E-state index contributed by atoms with van der Waals surface area (Å²) in [5, 5.41) is 6.74. The number of nitrogens with one attached hydrogen (secondary N) is 2. The summed E-state index contributed by atoms with van der Waals surface area (Å²) in [5.74, 6) is -0.457. The molecule has 2 N–H and O–H groups in total. The minimum atomic E-state index is -0.689. The molecule has 0 atom stereocenters. The van der Waals surface area contributed by atoms with Crippen molar-refractivity contribution in [3.63, 3.8) is 0 Å². The van der Waals surface area contributed by atoms with Crippen molar-refractivity contribution in [3.8, 4) is 0 Å². The number of benzene rings is 1. The molecule has 1 saturated heterocycles. The lowest BCUT2D eigenvalue weighted by Gasteiger charge is -2.42. The van der Waals surface area contributed by atoms with Crippen LogP contribution in [0.2, 0.25) is 0 Å². The fraction of sp³-hybridized carbons (Fsp3) is 0.219. The standard InChI is InChI=1S/C32H29FN6O3S2/c1-21-9-13-34-25(18-21)38-31-36-19-26(44-31)43-24-10-14-35-28(27(24)33)29(40)37-20-32(22-6-3-2-4-7-22)11-15-39(16-12-32)30(41)23-8-5-17-42-23/h2-10,13-14,17-19H,11-12,15-16,20H2,1H3,(H,37,40)(H,34,36,38). The number of piperidine rings is 1. The fourth-order valence-electron chi connectivity index (χ4n) is 5.24. The summed E-state index contributed by atoms with van der Waals surface area (Å²) >= 11 is 2.54. The molecule has 5 heterocycles. The van der Waals surface area contributed by atoms with Crippen molar-refractivity contribution in [2.24, 2.45) is 0 Å². The number of aryl methyl sites for hydroxylation is 1. The Hall–Kier alpha value is -4.55. The topological polar surface area (TPSA) is 113 Å². The van der Waals surface area contributed by atoms with E-state index >= 15 is 4.39 Å². The predicted molar refractivity (Wildman–Crippen MR) is 167 cm³/mol. The van der Waals surface area contributed by atoms with Crippen LogP contribution >= 0.6 is 23.1 Å². The van der Waals surface area contributed by atoms with Crippen LogP contribution in [0.1, 0.15) is 45.0 Å². The molecule has 224 valence electrons. The molecule has 4 aromatic heterocycles. The number of hydrogen-bond donors (Lipinski definition) is 2. The van der Waals surface area contributed by atoms with Gasteiger partial charge in [-0.15, -0.1) is 0 Å². The van der Waals surface area contributed by atoms with Gasteiger partial charge in [-0.1, -0.05) is 53.4 Å². The maximum Gasteiger partial charge on any atom is 0.289 e. The number of carbonyl (C=O) groups excluding carboxylic acids is 2. The van der Waals surface area contributed by atoms with E-state index in [1.165, 1.54) is 35.6 Å². The van der Waals surface area contributed by atoms with Crippen molar-refractivity contribution in [1.29, 1.82) is 0 Å². The number of anilines is 2. The Kier molecular flexibility index (Phi) is 8.71. The van der Waals surface area contributed by atoms with Crippen molar-refractivity contribution in [3.05, 3.63) is 114 Å². The molecular weight excluding hydrogens is 600 g/mol. The number of furan rings is 1. The Morgan fingerprint density at radius 2 is 1.84 bits per heavy atom. The first-order valence-electron chi connectivity index (χ1n) is 14.0. The molecule has 6 rings (SSSR count). The largest absolute Gasteiger partial charge is 0.459 e. The summed E-state index contributed by atoms with van der Waals surface area (Å²) in [6, 6.07) is 18.6. The number of thiazole rings is 1. The van der Waals surface area contributed by atoms with Gasteiger partial charge in [-0.2, -0.15) is 0 Å². The van der Waals surface area contributed by atoms with E-state index in [9.17, 15) is 9.59 Å². The Morgan fingerprint density at radius 1 is 1.05 bits per heavy atom. The highest BCUT2D eigenvalue weighted by Crippen LogP contribution is 2.37. The van der Waals surface area contributed by atoms with Gasteiger partial charge in [-0.05, 0) is 61.2 Å². The minimum absolute atomic E-state index is 0.156. The van der Waals surface area contributed by atoms with Gasteiger partial charge < -0.3 is 20.0 Å². The summed E-state index contributed by atoms with van der Waals surface area (Å²) in [6.07, 6.45) is 7.53. The van der Waals surface area contributed by atoms with Gasteiger partial charge in [0.15, 0.2) is 22.4 Å². The molecule has 12 heteroatoms. The Bertz CT molecular complexity index is 1750. The van der Waals surface area contributed by atoms with Crippen LogP contribution in [-0.4, -0.2) is 51.3 Å². The summed E-state index contributed by atoms with van der Waals surface area (Å²) in [4.78, 5) is 41.0. The maximum absolute atomic E-state index is 15.6. The molecule has 5 aromatic rings. The third kappa shape index (κ3) is 6.51. The van der Waals surface area contributed by atoms with Gasteiger partial charge in [-0.25, -0.2) is 19.3 Å². The summed E-state index contributed by atoms with van der Waals surface area (Å²) in [6.45, 7) is 3.24. The number of nitrogens with zero attached hydrogens (tertiary/aromatic N) is 4. The van der Waals surface area contributed by atoms with E-state index < -0.39 is 17.1 Å². The van der Waals surface area contributed by atoms with Gasteiger partial charge in [0.05, 0.1) is 21.6 Å². The molecule has 9 nitrogen and oxygen atoms in total. The van der Waals surface area contributed by atoms with Crippen molar-refractivity contribution in [2.75, 3.05) is 25.0 Å². The van der Waals surface area contributed by atoms with Crippen LogP contribution in [0.3, 0.4) is 0 Å². The first-order chi connectivity index (χ1) is 21.4. The lowest BCUT2D eigenvalue weighted by atomic mass is 9.72. The zero-order chi connectivity index (χ0) is 30.5. The molecule has 44 heavy (non-hydrogen) atoms. The lowest BCUT2D eigenvalue weighted by Crippen LogP contribution is -2.50. The first-order valence-corrected chi connectivity index (χ1v) is 15.7. The second-order valence-corrected chi connectivity index (χ2v) is 12.9. The molecule has 0 radical (unpaired) electrons. The SMILES string of the molecule is Cc1ccnc(Nc2ncc(Sc3ccnc(C(=O)NCC4(c5ccccc5)CCN(C(=O)c5ccco5)CC4)c3F)s2)c1. The Labute approximate surface area is 262 Å². The third-order valence-corrected chi connectivity index (χ3v) is 9.68. The van der Waals surface area contributed by atoms with Crippen LogP contribution in [0, 0.1) is 12.7 Å². The maximum atomic E-state index is 15.6. The second-order valence-electron chi connectivity index (χ2n) is 10.5. The molecule has 0 unspecified atom stereocenters. The molecule has 1 fully saturated rings. The minimum Gasteiger partial charge on any atom is -0.459 e. The van der Waals surface area contributed by atoms with E-state index in [-0.39, 0.29) is 23.0 Å². The molecule has 1 aliphatic heterocycles. The summed E-state index contributed by atoms with van der Waals surface area (Å²) in [7, 11) is 0. The third-order valence-electron chi connectivity index (χ3n) is 7.63. The van der Waals surface area contributed by atoms with E-state index in [1.54, 1.807) is 35.5 Å². The summed E-state index contributed by atoms with van der Waals surface area (Å²) < 4.78 is 21.7. The molecule has 0 saturated carbocycles. The lowest BCUT2D eigenvalue weighted by molar-refractivity contribution is 0.0626. The highest BCUT2D eigenvalue weighted by atomic mass is 32.2. The van der Waals surface area contributed by atoms with Gasteiger partial charge in [0, 0.05) is 37.4 Å². The van der Waals surface area contributed by atoms with Gasteiger partial charge in [0.1, 0.15) is 5.82 Å². The molecule has 1 aromatic carbocycles. The highest BCUT2D eigenvalue weighted by Gasteiger charge is 2.38. The quantitative estimate of drug-likeness (QED) is 0.191. The van der Waals surface area contributed by atoms with E-state index in [2.05, 4.69) is 25.6 Å². The number of hydrogen-bond acceptors (Lipinski definition) is 9. The van der Waals surface area contributed by atoms with Gasteiger partial charge in [0.2, 0.25) is 0 Å². The van der Waals surface area contributed by atoms with Crippen LogP contribution in [0.15, 0.2) is 99.0 Å². The monoisotopic (exact) mass is 628 g/mol. The van der Waals surface area contributed by atoms with Crippen LogP contribution in [0.5, 0.6) is 0 Å². The van der Waals surface area contributed by atoms with Gasteiger partial charge in [0.25, 0.3) is 11.8 Å². The number of carbonyl (C=O) groups is 2. The number of pyridine rings is 2. The zero-order valence-electron chi connectivity index (χ0n) is 23.8. The highest BCUT2D eigenvalue weighted by molar-refractivity contribution is 8.01. The van der Waals surface area contributed by atoms with Gasteiger partial charge >= 0.3 is 0 Å². The van der Waals surface area contributed by atoms with Crippen molar-refractivity contribution < 1.29 is 18.4 Å². The Balaban J connectivity index is 1.13. The number of aromatic nitrogens is 3. The van der Waals surface area contributed by atoms with Crippen LogP contribution in [-0.2, 0) is 5.41 Å². The molecule has 2 amide bonds. The number of amides is 2. The Morgan fingerprint density at radius 3 is 2.59 bits per heavy atom. The molecule has 0 bridgehead atoms. The normalized spacial score (nSPS) is 14.3. The van der Waals surface area contributed by atoms with E-state index in [4.69, 9.17) is 4.42 Å². The number of halogens is 1. The fourth-order valence-corrected chi connectivity index (χ4v) is 7.10.